The number of benzene rings is 1. The third kappa shape index (κ3) is 3.71. The number of aliphatic hydroxyl groups excluding tert-OH is 1. The number of aryl methyl sites for hydroxylation is 1. The topological polar surface area (TPSA) is 68.0 Å². The Bertz CT molecular complexity index is 757. The number of oxazole rings is 1. The molecule has 1 saturated heterocycles. The summed E-state index contributed by atoms with van der Waals surface area (Å²) in [7, 11) is 3.29. The molecule has 26 heavy (non-hydrogen) atoms. The van der Waals surface area contributed by atoms with Gasteiger partial charge in [-0.05, 0) is 51.3 Å². The quantitative estimate of drug-likeness (QED) is 0.853. The number of piperidine rings is 1. The molecule has 0 aliphatic carbocycles. The first-order valence-corrected chi connectivity index (χ1v) is 9.08. The van der Waals surface area contributed by atoms with Gasteiger partial charge in [0.25, 0.3) is 0 Å². The summed E-state index contributed by atoms with van der Waals surface area (Å²) in [6.07, 6.45) is 2.21. The lowest BCUT2D eigenvalue weighted by Crippen LogP contribution is -2.36. The molecule has 6 heteroatoms. The number of hydrogen-bond donors (Lipinski definition) is 1. The smallest absolute Gasteiger partial charge is 0.230 e. The van der Waals surface area contributed by atoms with E-state index in [1.54, 1.807) is 14.2 Å². The van der Waals surface area contributed by atoms with E-state index in [1.165, 1.54) is 0 Å². The highest BCUT2D eigenvalue weighted by Crippen LogP contribution is 2.38. The van der Waals surface area contributed by atoms with Crippen molar-refractivity contribution < 1.29 is 19.0 Å². The first-order chi connectivity index (χ1) is 12.6. The molecule has 0 amide bonds. The maximum atomic E-state index is 9.42. The molecule has 1 atom stereocenters. The van der Waals surface area contributed by atoms with E-state index >= 15 is 0 Å². The Morgan fingerprint density at radius 3 is 2.77 bits per heavy atom. The summed E-state index contributed by atoms with van der Waals surface area (Å²) in [6, 6.07) is 3.82. The summed E-state index contributed by atoms with van der Waals surface area (Å²) in [5.74, 6) is 3.24. The van der Waals surface area contributed by atoms with E-state index in [0.717, 1.165) is 66.6 Å². The number of hydrogen-bond acceptors (Lipinski definition) is 6. The van der Waals surface area contributed by atoms with Crippen LogP contribution in [0.1, 0.15) is 29.9 Å². The average Bonchev–Trinajstić information content (AvgIpc) is 3.01. The van der Waals surface area contributed by atoms with E-state index in [-0.39, 0.29) is 6.61 Å². The van der Waals surface area contributed by atoms with Gasteiger partial charge in [0, 0.05) is 25.3 Å². The lowest BCUT2D eigenvalue weighted by atomic mass is 9.99. The molecule has 0 saturated carbocycles. The Kier molecular flexibility index (Phi) is 5.84. The molecule has 1 aliphatic heterocycles. The van der Waals surface area contributed by atoms with Gasteiger partial charge in [-0.25, -0.2) is 4.98 Å². The second-order valence-corrected chi connectivity index (χ2v) is 6.92. The van der Waals surface area contributed by atoms with E-state index in [2.05, 4.69) is 4.90 Å². The zero-order valence-corrected chi connectivity index (χ0v) is 16.0. The predicted molar refractivity (Wildman–Crippen MR) is 99.6 cm³/mol. The molecule has 1 N–H and O–H groups in total. The van der Waals surface area contributed by atoms with Gasteiger partial charge in [0.2, 0.25) is 5.89 Å². The van der Waals surface area contributed by atoms with Crippen LogP contribution >= 0.6 is 0 Å². The second kappa shape index (κ2) is 8.10. The molecular weight excluding hydrogens is 332 g/mol. The van der Waals surface area contributed by atoms with Gasteiger partial charge in [0.05, 0.1) is 25.5 Å². The number of aromatic nitrogens is 1. The molecule has 1 aromatic carbocycles. The Labute approximate surface area is 154 Å². The number of rotatable bonds is 6. The number of methoxy groups -OCH3 is 2. The highest BCUT2D eigenvalue weighted by molar-refractivity contribution is 5.68. The van der Waals surface area contributed by atoms with Gasteiger partial charge in [-0.3, -0.25) is 4.90 Å². The average molecular weight is 360 g/mol. The number of aliphatic hydroxyl groups is 1. The van der Waals surface area contributed by atoms with Crippen molar-refractivity contribution in [2.75, 3.05) is 33.9 Å². The molecule has 6 nitrogen and oxygen atoms in total. The molecular formula is C20H28N2O4. The summed E-state index contributed by atoms with van der Waals surface area (Å²) in [5.41, 5.74) is 2.69. The van der Waals surface area contributed by atoms with Crippen molar-refractivity contribution in [1.29, 1.82) is 0 Å². The van der Waals surface area contributed by atoms with Crippen LogP contribution in [0.2, 0.25) is 0 Å². The van der Waals surface area contributed by atoms with Crippen LogP contribution in [0, 0.1) is 19.8 Å². The zero-order valence-electron chi connectivity index (χ0n) is 16.0. The van der Waals surface area contributed by atoms with Crippen LogP contribution in [-0.2, 0) is 6.54 Å². The summed E-state index contributed by atoms with van der Waals surface area (Å²) in [4.78, 5) is 7.08. The molecule has 2 aromatic rings. The summed E-state index contributed by atoms with van der Waals surface area (Å²) in [5, 5.41) is 9.42. The van der Waals surface area contributed by atoms with Crippen LogP contribution in [0.4, 0.5) is 0 Å². The summed E-state index contributed by atoms with van der Waals surface area (Å²) in [6.45, 7) is 6.83. The minimum absolute atomic E-state index is 0.252. The molecule has 2 heterocycles. The number of likely N-dealkylation sites (tertiary alicyclic amines) is 1. The SMILES string of the molecule is COc1ccc(-c2nc(CN3CCC[C@H](CO)C3)c(C)o2)c(OC)c1C. The van der Waals surface area contributed by atoms with Crippen LogP contribution in [0.3, 0.4) is 0 Å². The third-order valence-corrected chi connectivity index (χ3v) is 5.14. The zero-order chi connectivity index (χ0) is 18.7. The Balaban J connectivity index is 1.85. The van der Waals surface area contributed by atoms with Crippen molar-refractivity contribution in [1.82, 2.24) is 9.88 Å². The maximum absolute atomic E-state index is 9.42. The first kappa shape index (κ1) is 18.7. The minimum Gasteiger partial charge on any atom is -0.496 e. The van der Waals surface area contributed by atoms with E-state index in [9.17, 15) is 5.11 Å². The molecule has 1 aromatic heterocycles. The molecule has 142 valence electrons. The van der Waals surface area contributed by atoms with Gasteiger partial charge < -0.3 is 19.0 Å². The number of ether oxygens (including phenoxy) is 2. The summed E-state index contributed by atoms with van der Waals surface area (Å²) >= 11 is 0. The van der Waals surface area contributed by atoms with Gasteiger partial charge >= 0.3 is 0 Å². The standard InChI is InChI=1S/C20H28N2O4/c1-13-18(24-3)8-7-16(19(13)25-4)20-21-17(14(2)26-20)11-22-9-5-6-15(10-22)12-23/h7-8,15,23H,5-6,9-12H2,1-4H3/t15-/m0/s1. The Hall–Kier alpha value is -2.05. The molecule has 0 radical (unpaired) electrons. The number of nitrogens with zero attached hydrogens (tertiary/aromatic N) is 2. The van der Waals surface area contributed by atoms with Crippen LogP contribution < -0.4 is 9.47 Å². The fraction of sp³-hybridized carbons (Fsp3) is 0.550. The van der Waals surface area contributed by atoms with Crippen molar-refractivity contribution in [3.8, 4) is 23.0 Å². The van der Waals surface area contributed by atoms with Gasteiger partial charge in [0.1, 0.15) is 17.3 Å². The maximum Gasteiger partial charge on any atom is 0.230 e. The second-order valence-electron chi connectivity index (χ2n) is 6.92. The third-order valence-electron chi connectivity index (χ3n) is 5.14. The Morgan fingerprint density at radius 1 is 1.27 bits per heavy atom. The predicted octanol–water partition coefficient (Wildman–Crippen LogP) is 3.18. The lowest BCUT2D eigenvalue weighted by molar-refractivity contribution is 0.115. The van der Waals surface area contributed by atoms with E-state index in [0.29, 0.717) is 11.8 Å². The molecule has 0 bridgehead atoms. The van der Waals surface area contributed by atoms with Crippen molar-refractivity contribution in [3.63, 3.8) is 0 Å². The summed E-state index contributed by atoms with van der Waals surface area (Å²) < 4.78 is 16.9. The first-order valence-electron chi connectivity index (χ1n) is 9.08. The molecule has 1 aliphatic rings. The highest BCUT2D eigenvalue weighted by Gasteiger charge is 2.23. The van der Waals surface area contributed by atoms with Crippen LogP contribution in [-0.4, -0.2) is 48.9 Å². The fourth-order valence-corrected chi connectivity index (χ4v) is 3.67. The van der Waals surface area contributed by atoms with Crippen LogP contribution in [0.15, 0.2) is 16.5 Å². The molecule has 0 unspecified atom stereocenters. The van der Waals surface area contributed by atoms with Gasteiger partial charge in [-0.15, -0.1) is 0 Å². The normalized spacial score (nSPS) is 18.1. The molecule has 1 fully saturated rings. The van der Waals surface area contributed by atoms with Crippen LogP contribution in [0.25, 0.3) is 11.5 Å². The molecule has 3 rings (SSSR count). The van der Waals surface area contributed by atoms with E-state index < -0.39 is 0 Å². The van der Waals surface area contributed by atoms with E-state index in [4.69, 9.17) is 18.9 Å². The lowest BCUT2D eigenvalue weighted by Gasteiger charge is -2.31. The largest absolute Gasteiger partial charge is 0.496 e. The molecule has 0 spiro atoms. The highest BCUT2D eigenvalue weighted by atomic mass is 16.5. The van der Waals surface area contributed by atoms with E-state index in [1.807, 2.05) is 26.0 Å². The minimum atomic E-state index is 0.252. The monoisotopic (exact) mass is 360 g/mol. The van der Waals surface area contributed by atoms with Gasteiger partial charge in [0.15, 0.2) is 0 Å². The van der Waals surface area contributed by atoms with Crippen molar-refractivity contribution in [3.05, 3.63) is 29.2 Å². The van der Waals surface area contributed by atoms with Crippen LogP contribution in [0.5, 0.6) is 11.5 Å². The van der Waals surface area contributed by atoms with Crippen molar-refractivity contribution in [2.24, 2.45) is 5.92 Å². The van der Waals surface area contributed by atoms with Gasteiger partial charge in [-0.1, -0.05) is 0 Å². The van der Waals surface area contributed by atoms with Crippen molar-refractivity contribution >= 4 is 0 Å². The van der Waals surface area contributed by atoms with Crippen molar-refractivity contribution in [2.45, 2.75) is 33.2 Å². The Morgan fingerprint density at radius 2 is 2.08 bits per heavy atom. The van der Waals surface area contributed by atoms with Gasteiger partial charge in [-0.2, -0.15) is 0 Å². The fourth-order valence-electron chi connectivity index (χ4n) is 3.67.